The lowest BCUT2D eigenvalue weighted by Crippen LogP contribution is -2.47. The normalized spacial score (nSPS) is 23.1. The second-order valence-corrected chi connectivity index (χ2v) is 7.48. The molecule has 3 rings (SSSR count). The molecule has 1 aromatic rings. The fraction of sp³-hybridized carbons (Fsp3) is 0.733. The van der Waals surface area contributed by atoms with Gasteiger partial charge in [0, 0.05) is 43.2 Å². The molecule has 2 N–H and O–H groups in total. The molecule has 6 nitrogen and oxygen atoms in total. The Morgan fingerprint density at radius 3 is 3.14 bits per heavy atom. The maximum absolute atomic E-state index is 10.9. The van der Waals surface area contributed by atoms with E-state index in [4.69, 9.17) is 10.5 Å². The fourth-order valence-electron chi connectivity index (χ4n) is 2.85. The summed E-state index contributed by atoms with van der Waals surface area (Å²) in [5, 5.41) is 1.31. The van der Waals surface area contributed by atoms with Gasteiger partial charge in [-0.3, -0.25) is 14.6 Å². The van der Waals surface area contributed by atoms with Crippen LogP contribution in [0.15, 0.2) is 6.20 Å². The first-order valence-electron chi connectivity index (χ1n) is 7.85. The number of carbonyl (C=O) groups excluding carboxylic acids is 1. The van der Waals surface area contributed by atoms with Crippen molar-refractivity contribution in [2.24, 2.45) is 5.73 Å². The number of ether oxygens (including phenoxy) is 1. The van der Waals surface area contributed by atoms with Crippen molar-refractivity contribution in [1.82, 2.24) is 14.8 Å². The smallest absolute Gasteiger partial charge is 0.231 e. The monoisotopic (exact) mass is 324 g/mol. The van der Waals surface area contributed by atoms with E-state index >= 15 is 0 Å². The molecular formula is C15H24N4O2S. The van der Waals surface area contributed by atoms with Crippen molar-refractivity contribution in [3.05, 3.63) is 16.1 Å². The quantitative estimate of drug-likeness (QED) is 0.797. The van der Waals surface area contributed by atoms with Crippen molar-refractivity contribution in [2.75, 3.05) is 39.8 Å². The van der Waals surface area contributed by atoms with Gasteiger partial charge in [0.15, 0.2) is 0 Å². The van der Waals surface area contributed by atoms with Crippen molar-refractivity contribution in [3.8, 4) is 0 Å². The van der Waals surface area contributed by atoms with Crippen LogP contribution in [0.25, 0.3) is 0 Å². The lowest BCUT2D eigenvalue weighted by Gasteiger charge is -2.34. The number of primary amides is 1. The number of aromatic nitrogens is 1. The van der Waals surface area contributed by atoms with Gasteiger partial charge in [0.2, 0.25) is 5.91 Å². The van der Waals surface area contributed by atoms with Crippen molar-refractivity contribution >= 4 is 17.2 Å². The van der Waals surface area contributed by atoms with E-state index in [2.05, 4.69) is 9.88 Å². The highest BCUT2D eigenvalue weighted by Gasteiger charge is 2.27. The number of hydrogen-bond acceptors (Lipinski definition) is 6. The van der Waals surface area contributed by atoms with E-state index < -0.39 is 0 Å². The summed E-state index contributed by atoms with van der Waals surface area (Å²) in [5.74, 6) is 0.436. The number of carbonyl (C=O) groups is 1. The molecule has 1 aliphatic carbocycles. The van der Waals surface area contributed by atoms with Gasteiger partial charge < -0.3 is 10.5 Å². The molecule has 0 radical (unpaired) electrons. The van der Waals surface area contributed by atoms with Crippen molar-refractivity contribution in [3.63, 3.8) is 0 Å². The van der Waals surface area contributed by atoms with Gasteiger partial charge in [-0.25, -0.2) is 4.98 Å². The Morgan fingerprint density at radius 2 is 2.41 bits per heavy atom. The van der Waals surface area contributed by atoms with E-state index in [0.717, 1.165) is 38.7 Å². The summed E-state index contributed by atoms with van der Waals surface area (Å²) < 4.78 is 5.80. The van der Waals surface area contributed by atoms with Crippen LogP contribution in [0.3, 0.4) is 0 Å². The summed E-state index contributed by atoms with van der Waals surface area (Å²) in [7, 11) is 1.90. The van der Waals surface area contributed by atoms with Crippen molar-refractivity contribution in [1.29, 1.82) is 0 Å². The van der Waals surface area contributed by atoms with E-state index in [-0.39, 0.29) is 18.6 Å². The van der Waals surface area contributed by atoms with E-state index in [9.17, 15) is 4.79 Å². The molecule has 1 aliphatic heterocycles. The minimum Gasteiger partial charge on any atom is -0.374 e. The molecule has 7 heteroatoms. The second kappa shape index (κ2) is 7.04. The largest absolute Gasteiger partial charge is 0.374 e. The minimum atomic E-state index is -0.299. The van der Waals surface area contributed by atoms with Gasteiger partial charge in [-0.15, -0.1) is 11.3 Å². The molecule has 1 saturated carbocycles. The molecule has 2 aliphatic rings. The number of morpholine rings is 1. The second-order valence-electron chi connectivity index (χ2n) is 6.33. The van der Waals surface area contributed by atoms with E-state index in [1.165, 1.54) is 22.7 Å². The third kappa shape index (κ3) is 4.49. The molecular weight excluding hydrogens is 300 g/mol. The highest BCUT2D eigenvalue weighted by atomic mass is 32.1. The van der Waals surface area contributed by atoms with Crippen LogP contribution in [0.2, 0.25) is 0 Å². The zero-order chi connectivity index (χ0) is 15.5. The van der Waals surface area contributed by atoms with Crippen molar-refractivity contribution < 1.29 is 9.53 Å². The summed E-state index contributed by atoms with van der Waals surface area (Å²) in [5.41, 5.74) is 5.22. The zero-order valence-electron chi connectivity index (χ0n) is 13.0. The molecule has 22 heavy (non-hydrogen) atoms. The summed E-state index contributed by atoms with van der Waals surface area (Å²) in [6.07, 6.45) is 4.77. The van der Waals surface area contributed by atoms with Crippen LogP contribution in [-0.4, -0.2) is 66.6 Å². The van der Waals surface area contributed by atoms with Crippen LogP contribution in [0, 0.1) is 0 Å². The number of nitrogens with zero attached hydrogens (tertiary/aromatic N) is 3. The Kier molecular flexibility index (Phi) is 5.07. The summed E-state index contributed by atoms with van der Waals surface area (Å²) >= 11 is 1.86. The molecule has 1 atom stereocenters. The molecule has 1 saturated heterocycles. The Labute approximate surface area is 135 Å². The van der Waals surface area contributed by atoms with Crippen LogP contribution >= 0.6 is 11.3 Å². The van der Waals surface area contributed by atoms with Crippen LogP contribution in [0.4, 0.5) is 0 Å². The zero-order valence-corrected chi connectivity index (χ0v) is 13.8. The topological polar surface area (TPSA) is 71.7 Å². The van der Waals surface area contributed by atoms with Gasteiger partial charge in [-0.1, -0.05) is 0 Å². The van der Waals surface area contributed by atoms with Gasteiger partial charge >= 0.3 is 0 Å². The van der Waals surface area contributed by atoms with E-state index in [1.807, 2.05) is 29.5 Å². The van der Waals surface area contributed by atoms with Crippen LogP contribution < -0.4 is 5.73 Å². The highest BCUT2D eigenvalue weighted by molar-refractivity contribution is 7.11. The van der Waals surface area contributed by atoms with Crippen LogP contribution in [0.1, 0.15) is 28.6 Å². The number of amides is 1. The molecule has 1 aromatic heterocycles. The van der Waals surface area contributed by atoms with E-state index in [1.54, 1.807) is 0 Å². The van der Waals surface area contributed by atoms with Gasteiger partial charge in [0.25, 0.3) is 0 Å². The number of nitrogens with two attached hydrogens (primary N) is 1. The number of likely N-dealkylation sites (N-methyl/N-ethyl adjacent to an activating group) is 1. The first kappa shape index (κ1) is 15.9. The Morgan fingerprint density at radius 1 is 1.59 bits per heavy atom. The number of hydrogen-bond donors (Lipinski definition) is 1. The predicted molar refractivity (Wildman–Crippen MR) is 85.8 cm³/mol. The lowest BCUT2D eigenvalue weighted by molar-refractivity contribution is -0.119. The minimum absolute atomic E-state index is 0.133. The highest BCUT2D eigenvalue weighted by Crippen LogP contribution is 2.41. The van der Waals surface area contributed by atoms with Gasteiger partial charge in [0.1, 0.15) is 0 Å². The summed E-state index contributed by atoms with van der Waals surface area (Å²) in [6, 6.07) is 0. The van der Waals surface area contributed by atoms with Crippen LogP contribution in [-0.2, 0) is 16.1 Å². The summed E-state index contributed by atoms with van der Waals surface area (Å²) in [6.45, 7) is 4.54. The van der Waals surface area contributed by atoms with Gasteiger partial charge in [0.05, 0.1) is 24.3 Å². The first-order valence-corrected chi connectivity index (χ1v) is 8.67. The molecule has 0 spiro atoms. The third-order valence-electron chi connectivity index (χ3n) is 4.04. The predicted octanol–water partition coefficient (Wildman–Crippen LogP) is 0.638. The Bertz CT molecular complexity index is 517. The molecule has 0 unspecified atom stereocenters. The van der Waals surface area contributed by atoms with E-state index in [0.29, 0.717) is 0 Å². The number of thiazole rings is 1. The lowest BCUT2D eigenvalue weighted by atomic mass is 10.2. The molecule has 122 valence electrons. The molecule has 1 amide bonds. The standard InChI is InChI=1S/C15H24N4O2S/c1-18(10-14(16)20)7-12-8-19(4-5-21-12)9-13-6-17-15(22-13)11-2-3-11/h6,11-12H,2-5,7-10H2,1H3,(H2,16,20)/t12-/m0/s1. The molecule has 2 heterocycles. The summed E-state index contributed by atoms with van der Waals surface area (Å²) in [4.78, 5) is 21.2. The first-order chi connectivity index (χ1) is 10.6. The molecule has 0 aromatic carbocycles. The van der Waals surface area contributed by atoms with Crippen LogP contribution in [0.5, 0.6) is 0 Å². The van der Waals surface area contributed by atoms with Crippen molar-refractivity contribution in [2.45, 2.75) is 31.4 Å². The SMILES string of the molecule is CN(CC(N)=O)C[C@H]1CN(Cc2cnc(C3CC3)s2)CCO1. The number of rotatable bonds is 7. The average molecular weight is 324 g/mol. The maximum atomic E-state index is 10.9. The molecule has 0 bridgehead atoms. The fourth-order valence-corrected chi connectivity index (χ4v) is 3.98. The maximum Gasteiger partial charge on any atom is 0.231 e. The molecule has 2 fully saturated rings. The Balaban J connectivity index is 1.48. The third-order valence-corrected chi connectivity index (χ3v) is 5.19. The Hall–Kier alpha value is -1.02. The van der Waals surface area contributed by atoms with Gasteiger partial charge in [-0.2, -0.15) is 0 Å². The van der Waals surface area contributed by atoms with Gasteiger partial charge in [-0.05, 0) is 19.9 Å². The average Bonchev–Trinajstić information content (AvgIpc) is 3.19.